The van der Waals surface area contributed by atoms with Gasteiger partial charge in [0.05, 0.1) is 0 Å². The summed E-state index contributed by atoms with van der Waals surface area (Å²) in [4.78, 5) is 0. The number of hydrogen-bond acceptors (Lipinski definition) is 2. The summed E-state index contributed by atoms with van der Waals surface area (Å²) in [6.45, 7) is 0. The van der Waals surface area contributed by atoms with Crippen molar-refractivity contribution in [3.05, 3.63) is 65.7 Å². The van der Waals surface area contributed by atoms with Gasteiger partial charge in [0, 0.05) is 0 Å². The number of phenols is 1. The van der Waals surface area contributed by atoms with Crippen LogP contribution in [-0.2, 0) is 0 Å². The zero-order chi connectivity index (χ0) is 10.7. The third kappa shape index (κ3) is 2.17. The minimum atomic E-state index is -0.633. The van der Waals surface area contributed by atoms with Gasteiger partial charge in [0.1, 0.15) is 11.9 Å². The van der Waals surface area contributed by atoms with Gasteiger partial charge < -0.3 is 10.2 Å². The molecule has 0 amide bonds. The molecule has 0 aliphatic heterocycles. The lowest BCUT2D eigenvalue weighted by Crippen LogP contribution is -1.98. The Balaban J connectivity index is 2.29. The Hall–Kier alpha value is -1.80. The number of aliphatic hydroxyl groups is 1. The summed E-state index contributed by atoms with van der Waals surface area (Å²) in [5.74, 6) is 0.207. The molecule has 0 saturated carbocycles. The molecule has 0 radical (unpaired) electrons. The van der Waals surface area contributed by atoms with Crippen LogP contribution in [-0.4, -0.2) is 10.2 Å². The summed E-state index contributed by atoms with van der Waals surface area (Å²) >= 11 is 0. The number of aliphatic hydroxyl groups excluding tert-OH is 1. The molecule has 0 spiro atoms. The van der Waals surface area contributed by atoms with Crippen molar-refractivity contribution in [2.45, 2.75) is 6.10 Å². The van der Waals surface area contributed by atoms with Crippen molar-refractivity contribution in [3.8, 4) is 5.75 Å². The van der Waals surface area contributed by atoms with Gasteiger partial charge in [-0.1, -0.05) is 42.5 Å². The lowest BCUT2D eigenvalue weighted by Gasteiger charge is -2.10. The molecule has 2 nitrogen and oxygen atoms in total. The van der Waals surface area contributed by atoms with Gasteiger partial charge in [0.2, 0.25) is 0 Å². The average molecular weight is 200 g/mol. The molecule has 0 fully saturated rings. The third-order valence-corrected chi connectivity index (χ3v) is 2.32. The fourth-order valence-electron chi connectivity index (χ4n) is 1.48. The first kappa shape index (κ1) is 9.74. The smallest absolute Gasteiger partial charge is 0.115 e. The Bertz CT molecular complexity index is 420. The first-order valence-corrected chi connectivity index (χ1v) is 4.79. The van der Waals surface area contributed by atoms with E-state index in [1.165, 1.54) is 0 Å². The van der Waals surface area contributed by atoms with E-state index in [-0.39, 0.29) is 5.75 Å². The lowest BCUT2D eigenvalue weighted by atomic mass is 10.0. The van der Waals surface area contributed by atoms with Gasteiger partial charge in [-0.2, -0.15) is 0 Å². The summed E-state index contributed by atoms with van der Waals surface area (Å²) in [7, 11) is 0. The molecule has 0 heterocycles. The predicted octanol–water partition coefficient (Wildman–Crippen LogP) is 2.47. The molecule has 1 atom stereocenters. The molecule has 15 heavy (non-hydrogen) atoms. The van der Waals surface area contributed by atoms with Gasteiger partial charge in [-0.3, -0.25) is 0 Å². The van der Waals surface area contributed by atoms with Gasteiger partial charge in [-0.25, -0.2) is 0 Å². The van der Waals surface area contributed by atoms with Gasteiger partial charge >= 0.3 is 0 Å². The number of phenolic OH excluding ortho intramolecular Hbond substituents is 1. The Labute approximate surface area is 88.4 Å². The van der Waals surface area contributed by atoms with E-state index in [0.717, 1.165) is 11.1 Å². The Morgan fingerprint density at radius 2 is 1.27 bits per heavy atom. The standard InChI is InChI=1S/C13H12O2/c14-12-8-6-11(7-9-12)13(15)10-4-2-1-3-5-10/h1-9,13-15H/t13-/m1/s1. The molecule has 0 aliphatic carbocycles. The Morgan fingerprint density at radius 1 is 0.733 bits per heavy atom. The maximum atomic E-state index is 10.0. The number of hydrogen-bond donors (Lipinski definition) is 2. The van der Waals surface area contributed by atoms with E-state index in [2.05, 4.69) is 0 Å². The fourth-order valence-corrected chi connectivity index (χ4v) is 1.48. The van der Waals surface area contributed by atoms with Crippen molar-refractivity contribution in [1.82, 2.24) is 0 Å². The fraction of sp³-hybridized carbons (Fsp3) is 0.0769. The molecule has 0 bridgehead atoms. The van der Waals surface area contributed by atoms with Crippen molar-refractivity contribution in [3.63, 3.8) is 0 Å². The quantitative estimate of drug-likeness (QED) is 0.781. The highest BCUT2D eigenvalue weighted by molar-refractivity contribution is 5.33. The Kier molecular flexibility index (Phi) is 2.70. The van der Waals surface area contributed by atoms with Crippen LogP contribution in [0.2, 0.25) is 0 Å². The second-order valence-electron chi connectivity index (χ2n) is 3.40. The monoisotopic (exact) mass is 200 g/mol. The van der Waals surface area contributed by atoms with Gasteiger partial charge in [0.25, 0.3) is 0 Å². The van der Waals surface area contributed by atoms with Gasteiger partial charge in [0.15, 0.2) is 0 Å². The zero-order valence-electron chi connectivity index (χ0n) is 8.17. The largest absolute Gasteiger partial charge is 0.508 e. The third-order valence-electron chi connectivity index (χ3n) is 2.32. The van der Waals surface area contributed by atoms with Crippen molar-refractivity contribution in [2.75, 3.05) is 0 Å². The molecule has 0 unspecified atom stereocenters. The van der Waals surface area contributed by atoms with Crippen LogP contribution in [0, 0.1) is 0 Å². The van der Waals surface area contributed by atoms with Crippen LogP contribution in [0.1, 0.15) is 17.2 Å². The van der Waals surface area contributed by atoms with Crippen molar-refractivity contribution >= 4 is 0 Å². The van der Waals surface area contributed by atoms with Crippen molar-refractivity contribution in [2.24, 2.45) is 0 Å². The number of benzene rings is 2. The Morgan fingerprint density at radius 3 is 1.87 bits per heavy atom. The van der Waals surface area contributed by atoms with E-state index >= 15 is 0 Å². The second kappa shape index (κ2) is 4.15. The average Bonchev–Trinajstić information content (AvgIpc) is 2.30. The first-order chi connectivity index (χ1) is 7.27. The number of rotatable bonds is 2. The van der Waals surface area contributed by atoms with E-state index in [9.17, 15) is 5.11 Å². The molecule has 0 aromatic heterocycles. The molecule has 0 saturated heterocycles. The van der Waals surface area contributed by atoms with Crippen molar-refractivity contribution in [1.29, 1.82) is 0 Å². The molecule has 2 aromatic carbocycles. The van der Waals surface area contributed by atoms with Gasteiger partial charge in [-0.05, 0) is 23.3 Å². The molecule has 2 aromatic rings. The van der Waals surface area contributed by atoms with E-state index in [4.69, 9.17) is 5.11 Å². The van der Waals surface area contributed by atoms with Gasteiger partial charge in [-0.15, -0.1) is 0 Å². The maximum Gasteiger partial charge on any atom is 0.115 e. The van der Waals surface area contributed by atoms with Crippen LogP contribution in [0.25, 0.3) is 0 Å². The van der Waals surface area contributed by atoms with Crippen LogP contribution in [0.4, 0.5) is 0 Å². The maximum absolute atomic E-state index is 10.0. The highest BCUT2D eigenvalue weighted by atomic mass is 16.3. The SMILES string of the molecule is Oc1ccc([C@H](O)c2ccccc2)cc1. The van der Waals surface area contributed by atoms with E-state index in [0.29, 0.717) is 0 Å². The molecule has 2 rings (SSSR count). The topological polar surface area (TPSA) is 40.5 Å². The van der Waals surface area contributed by atoms with Crippen LogP contribution < -0.4 is 0 Å². The highest BCUT2D eigenvalue weighted by Crippen LogP contribution is 2.22. The minimum absolute atomic E-state index is 0.207. The first-order valence-electron chi connectivity index (χ1n) is 4.79. The van der Waals surface area contributed by atoms with Crippen LogP contribution in [0.5, 0.6) is 5.75 Å². The van der Waals surface area contributed by atoms with E-state index in [1.54, 1.807) is 24.3 Å². The van der Waals surface area contributed by atoms with Crippen LogP contribution >= 0.6 is 0 Å². The predicted molar refractivity (Wildman–Crippen MR) is 58.6 cm³/mol. The zero-order valence-corrected chi connectivity index (χ0v) is 8.17. The van der Waals surface area contributed by atoms with Crippen LogP contribution in [0.3, 0.4) is 0 Å². The number of aromatic hydroxyl groups is 1. The summed E-state index contributed by atoms with van der Waals surface area (Å²) in [6, 6.07) is 16.0. The normalized spacial score (nSPS) is 12.3. The second-order valence-corrected chi connectivity index (χ2v) is 3.40. The molecule has 0 aliphatic rings. The summed E-state index contributed by atoms with van der Waals surface area (Å²) < 4.78 is 0. The van der Waals surface area contributed by atoms with Crippen molar-refractivity contribution < 1.29 is 10.2 Å². The molecule has 2 heteroatoms. The minimum Gasteiger partial charge on any atom is -0.508 e. The van der Waals surface area contributed by atoms with E-state index in [1.807, 2.05) is 30.3 Å². The summed E-state index contributed by atoms with van der Waals surface area (Å²) in [5.41, 5.74) is 1.63. The van der Waals surface area contributed by atoms with E-state index < -0.39 is 6.10 Å². The molecule has 2 N–H and O–H groups in total. The molecular weight excluding hydrogens is 188 g/mol. The highest BCUT2D eigenvalue weighted by Gasteiger charge is 2.08. The summed E-state index contributed by atoms with van der Waals surface area (Å²) in [6.07, 6.45) is -0.633. The molecule has 76 valence electrons. The lowest BCUT2D eigenvalue weighted by molar-refractivity contribution is 0.220. The summed E-state index contributed by atoms with van der Waals surface area (Å²) in [5, 5.41) is 19.1. The molecular formula is C13H12O2. The van der Waals surface area contributed by atoms with Crippen LogP contribution in [0.15, 0.2) is 54.6 Å².